The molecule has 1 fully saturated rings. The van der Waals surface area contributed by atoms with Crippen LogP contribution in [0, 0.1) is 0 Å². The van der Waals surface area contributed by atoms with E-state index >= 15 is 0 Å². The third-order valence-electron chi connectivity index (χ3n) is 4.23. The molecule has 0 saturated carbocycles. The van der Waals surface area contributed by atoms with E-state index in [2.05, 4.69) is 17.0 Å². The second-order valence-electron chi connectivity index (χ2n) is 6.11. The van der Waals surface area contributed by atoms with Gasteiger partial charge >= 0.3 is 6.09 Å². The van der Waals surface area contributed by atoms with Crippen LogP contribution in [-0.2, 0) is 26.0 Å². The molecule has 144 valence electrons. The molecule has 1 saturated heterocycles. The quantitative estimate of drug-likeness (QED) is 0.782. The third-order valence-corrected chi connectivity index (χ3v) is 6.14. The van der Waals surface area contributed by atoms with Gasteiger partial charge in [-0.2, -0.15) is 4.31 Å². The number of imide groups is 1. The molecular weight excluding hydrogens is 358 g/mol. The van der Waals surface area contributed by atoms with Crippen molar-refractivity contribution in [1.29, 1.82) is 0 Å². The van der Waals surface area contributed by atoms with Crippen LogP contribution >= 0.6 is 0 Å². The topological polar surface area (TPSA) is 96.0 Å². The van der Waals surface area contributed by atoms with Crippen molar-refractivity contribution in [2.75, 3.05) is 39.8 Å². The number of aryl methyl sites for hydroxylation is 1. The summed E-state index contributed by atoms with van der Waals surface area (Å²) in [5.74, 6) is -0.473. The maximum Gasteiger partial charge on any atom is 0.413 e. The van der Waals surface area contributed by atoms with Crippen LogP contribution in [-0.4, -0.2) is 69.5 Å². The first-order valence-electron chi connectivity index (χ1n) is 8.56. The molecule has 8 nitrogen and oxygen atoms in total. The average Bonchev–Trinajstić information content (AvgIpc) is 2.62. The zero-order chi connectivity index (χ0) is 19.2. The number of carbonyl (C=O) groups excluding carboxylic acids is 2. The molecule has 0 bridgehead atoms. The lowest BCUT2D eigenvalue weighted by Gasteiger charge is -2.33. The fourth-order valence-electron chi connectivity index (χ4n) is 2.80. The number of carbonyl (C=O) groups is 2. The number of rotatable bonds is 6. The largest absolute Gasteiger partial charge is 0.453 e. The van der Waals surface area contributed by atoms with Crippen LogP contribution in [0.25, 0.3) is 0 Å². The van der Waals surface area contributed by atoms with Gasteiger partial charge in [-0.05, 0) is 24.1 Å². The van der Waals surface area contributed by atoms with Crippen molar-refractivity contribution in [3.63, 3.8) is 0 Å². The van der Waals surface area contributed by atoms with Crippen LogP contribution in [0.15, 0.2) is 29.2 Å². The Morgan fingerprint density at radius 3 is 2.27 bits per heavy atom. The lowest BCUT2D eigenvalue weighted by molar-refractivity contribution is -0.121. The Balaban J connectivity index is 1.91. The van der Waals surface area contributed by atoms with E-state index < -0.39 is 22.0 Å². The summed E-state index contributed by atoms with van der Waals surface area (Å²) in [6, 6.07) is 7.00. The van der Waals surface area contributed by atoms with Gasteiger partial charge in [0.1, 0.15) is 0 Å². The predicted molar refractivity (Wildman–Crippen MR) is 96.2 cm³/mol. The van der Waals surface area contributed by atoms with E-state index in [1.165, 1.54) is 11.4 Å². The first-order chi connectivity index (χ1) is 12.4. The van der Waals surface area contributed by atoms with Crippen LogP contribution in [0.3, 0.4) is 0 Å². The Morgan fingerprint density at radius 2 is 1.73 bits per heavy atom. The zero-order valence-corrected chi connectivity index (χ0v) is 15.9. The van der Waals surface area contributed by atoms with Crippen molar-refractivity contribution >= 4 is 22.0 Å². The van der Waals surface area contributed by atoms with Crippen molar-refractivity contribution in [1.82, 2.24) is 14.5 Å². The summed E-state index contributed by atoms with van der Waals surface area (Å²) in [5.41, 5.74) is 1.12. The maximum absolute atomic E-state index is 12.7. The molecule has 0 atom stereocenters. The van der Waals surface area contributed by atoms with E-state index in [1.807, 2.05) is 12.1 Å². The molecule has 1 N–H and O–H groups in total. The highest BCUT2D eigenvalue weighted by Gasteiger charge is 2.29. The molecule has 1 heterocycles. The second-order valence-corrected chi connectivity index (χ2v) is 8.05. The Morgan fingerprint density at radius 1 is 1.12 bits per heavy atom. The first-order valence-corrected chi connectivity index (χ1v) is 10.00. The number of ether oxygens (including phenoxy) is 1. The van der Waals surface area contributed by atoms with Crippen LogP contribution < -0.4 is 5.32 Å². The molecule has 26 heavy (non-hydrogen) atoms. The molecule has 9 heteroatoms. The van der Waals surface area contributed by atoms with Gasteiger partial charge in [0.2, 0.25) is 15.9 Å². The number of nitrogens with one attached hydrogen (secondary N) is 1. The van der Waals surface area contributed by atoms with E-state index in [0.717, 1.165) is 18.4 Å². The second kappa shape index (κ2) is 9.11. The Kier molecular flexibility index (Phi) is 7.13. The van der Waals surface area contributed by atoms with Gasteiger partial charge in [-0.1, -0.05) is 25.5 Å². The summed E-state index contributed by atoms with van der Waals surface area (Å²) in [5, 5.41) is 2.09. The highest BCUT2D eigenvalue weighted by Crippen LogP contribution is 2.18. The number of amides is 2. The van der Waals surface area contributed by atoms with Crippen molar-refractivity contribution in [3.8, 4) is 0 Å². The van der Waals surface area contributed by atoms with Crippen LogP contribution in [0.4, 0.5) is 4.79 Å². The lowest BCUT2D eigenvalue weighted by Crippen LogP contribution is -2.51. The molecule has 1 aliphatic heterocycles. The van der Waals surface area contributed by atoms with Crippen LogP contribution in [0.2, 0.25) is 0 Å². The fraction of sp³-hybridized carbons (Fsp3) is 0.529. The summed E-state index contributed by atoms with van der Waals surface area (Å²) in [6.07, 6.45) is 1.13. The molecular formula is C17H25N3O5S. The van der Waals surface area contributed by atoms with E-state index in [-0.39, 0.29) is 11.4 Å². The molecule has 0 aliphatic carbocycles. The highest BCUT2D eigenvalue weighted by atomic mass is 32.2. The van der Waals surface area contributed by atoms with Crippen LogP contribution in [0.1, 0.15) is 18.9 Å². The van der Waals surface area contributed by atoms with Crippen molar-refractivity contribution < 1.29 is 22.7 Å². The van der Waals surface area contributed by atoms with E-state index in [4.69, 9.17) is 0 Å². The summed E-state index contributed by atoms with van der Waals surface area (Å²) < 4.78 is 31.3. The zero-order valence-electron chi connectivity index (χ0n) is 15.1. The van der Waals surface area contributed by atoms with Gasteiger partial charge < -0.3 is 4.74 Å². The Hall–Kier alpha value is -1.97. The third kappa shape index (κ3) is 5.26. The predicted octanol–water partition coefficient (Wildman–Crippen LogP) is 0.828. The van der Waals surface area contributed by atoms with Gasteiger partial charge in [0.05, 0.1) is 18.6 Å². The van der Waals surface area contributed by atoms with E-state index in [1.54, 1.807) is 17.0 Å². The number of methoxy groups -OCH3 is 1. The maximum atomic E-state index is 12.7. The van der Waals surface area contributed by atoms with Gasteiger partial charge in [0.25, 0.3) is 0 Å². The number of piperazine rings is 1. The van der Waals surface area contributed by atoms with Gasteiger partial charge in [0, 0.05) is 26.2 Å². The number of nitrogens with zero attached hydrogens (tertiary/aromatic N) is 2. The number of benzene rings is 1. The smallest absolute Gasteiger partial charge is 0.413 e. The molecule has 1 aliphatic rings. The monoisotopic (exact) mass is 383 g/mol. The molecule has 1 aromatic rings. The van der Waals surface area contributed by atoms with Gasteiger partial charge in [-0.25, -0.2) is 13.2 Å². The number of hydrogen-bond acceptors (Lipinski definition) is 6. The minimum absolute atomic E-state index is 0.0225. The van der Waals surface area contributed by atoms with E-state index in [9.17, 15) is 18.0 Å². The fourth-order valence-corrected chi connectivity index (χ4v) is 4.22. The summed E-state index contributed by atoms with van der Waals surface area (Å²) in [7, 11) is -2.36. The van der Waals surface area contributed by atoms with Crippen molar-refractivity contribution in [3.05, 3.63) is 29.8 Å². The summed E-state index contributed by atoms with van der Waals surface area (Å²) in [4.78, 5) is 24.8. The molecule has 0 spiro atoms. The first kappa shape index (κ1) is 20.3. The normalized spacial score (nSPS) is 16.2. The van der Waals surface area contributed by atoms with Gasteiger partial charge in [-0.15, -0.1) is 0 Å². The van der Waals surface area contributed by atoms with Crippen LogP contribution in [0.5, 0.6) is 0 Å². The van der Waals surface area contributed by atoms with Crippen molar-refractivity contribution in [2.24, 2.45) is 0 Å². The molecule has 2 rings (SSSR count). The minimum Gasteiger partial charge on any atom is -0.453 e. The molecule has 0 aromatic heterocycles. The van der Waals surface area contributed by atoms with E-state index in [0.29, 0.717) is 26.2 Å². The van der Waals surface area contributed by atoms with Crippen molar-refractivity contribution in [2.45, 2.75) is 24.7 Å². The molecule has 1 aromatic carbocycles. The average molecular weight is 383 g/mol. The standard InChI is InChI=1S/C17H25N3O5S/c1-3-4-14-5-7-15(8-6-14)26(23,24)20-11-9-19(10-12-20)13-16(21)18-17(22)25-2/h5-8H,3-4,9-13H2,1-2H3,(H,18,21,22). The van der Waals surface area contributed by atoms with Gasteiger partial charge in [-0.3, -0.25) is 15.0 Å². The number of sulfonamides is 1. The highest BCUT2D eigenvalue weighted by molar-refractivity contribution is 7.89. The van der Waals surface area contributed by atoms with Gasteiger partial charge in [0.15, 0.2) is 0 Å². The lowest BCUT2D eigenvalue weighted by atomic mass is 10.1. The molecule has 0 unspecified atom stereocenters. The SMILES string of the molecule is CCCc1ccc(S(=O)(=O)N2CCN(CC(=O)NC(=O)OC)CC2)cc1. The number of alkyl carbamates (subject to hydrolysis) is 1. The minimum atomic E-state index is -3.54. The summed E-state index contributed by atoms with van der Waals surface area (Å²) in [6.45, 7) is 3.53. The Bertz CT molecular complexity index is 725. The number of hydrogen-bond donors (Lipinski definition) is 1. The summed E-state index contributed by atoms with van der Waals surface area (Å²) >= 11 is 0. The Labute approximate surface area is 154 Å². The molecule has 2 amide bonds. The molecule has 0 radical (unpaired) electrons.